The van der Waals surface area contributed by atoms with Crippen molar-refractivity contribution in [2.75, 3.05) is 68.1 Å². The number of nitrogens with two attached hydrogens (primary N) is 1. The number of aromatic nitrogens is 4. The maximum atomic E-state index is 5.54. The highest BCUT2D eigenvalue weighted by molar-refractivity contribution is 5.44. The zero-order valence-corrected chi connectivity index (χ0v) is 16.7. The van der Waals surface area contributed by atoms with E-state index in [1.807, 2.05) is 12.1 Å². The first-order valence-electron chi connectivity index (χ1n) is 10.1. The van der Waals surface area contributed by atoms with Crippen molar-refractivity contribution < 1.29 is 9.47 Å². The lowest BCUT2D eigenvalue weighted by molar-refractivity contribution is 0.0547. The van der Waals surface area contributed by atoms with E-state index in [0.29, 0.717) is 63.9 Å². The van der Waals surface area contributed by atoms with Crippen LogP contribution in [0, 0.1) is 0 Å². The van der Waals surface area contributed by atoms with Crippen LogP contribution in [-0.4, -0.2) is 72.5 Å². The minimum atomic E-state index is 0.526. The molecule has 0 bridgehead atoms. The second kappa shape index (κ2) is 12.1. The van der Waals surface area contributed by atoms with Gasteiger partial charge in [0, 0.05) is 45.1 Å². The van der Waals surface area contributed by atoms with E-state index in [2.05, 4.69) is 35.5 Å². The van der Waals surface area contributed by atoms with E-state index in [4.69, 9.17) is 15.2 Å². The summed E-state index contributed by atoms with van der Waals surface area (Å²) in [6.45, 7) is 5.87. The number of nitrogens with zero attached hydrogens (tertiary/aromatic N) is 5. The first-order chi connectivity index (χ1) is 14.3. The number of ether oxygens (including phenoxy) is 2. The summed E-state index contributed by atoms with van der Waals surface area (Å²) in [4.78, 5) is 19.9. The maximum Gasteiger partial charge on any atom is 0.231 e. The normalized spacial score (nSPS) is 13.6. The molecule has 3 heterocycles. The summed E-state index contributed by atoms with van der Waals surface area (Å²) in [6, 6.07) is 3.92. The fraction of sp³-hybridized carbons (Fsp3) is 0.579. The standard InChI is InChI=1S/C19H30N8O2/c20-5-11-28-13-14-29-12-8-22-17-24-18(23-15-16-3-6-21-7-4-16)26-19(25-17)27-9-1-2-10-27/h3-4,6-7H,1-2,5,8-15,20H2,(H2,22,23,24,25,26). The third kappa shape index (κ3) is 7.41. The number of anilines is 3. The van der Waals surface area contributed by atoms with E-state index >= 15 is 0 Å². The van der Waals surface area contributed by atoms with Gasteiger partial charge in [0.2, 0.25) is 17.8 Å². The SMILES string of the molecule is NCCOCCOCCNc1nc(NCc2ccncc2)nc(N2CCCC2)n1. The van der Waals surface area contributed by atoms with Crippen LogP contribution >= 0.6 is 0 Å². The van der Waals surface area contributed by atoms with Gasteiger partial charge in [-0.15, -0.1) is 0 Å². The van der Waals surface area contributed by atoms with E-state index in [1.54, 1.807) is 12.4 Å². The number of hydrogen-bond donors (Lipinski definition) is 3. The fourth-order valence-corrected chi connectivity index (χ4v) is 2.90. The lowest BCUT2D eigenvalue weighted by atomic mass is 10.3. The van der Waals surface area contributed by atoms with Crippen molar-refractivity contribution in [1.82, 2.24) is 19.9 Å². The monoisotopic (exact) mass is 402 g/mol. The Morgan fingerprint density at radius 2 is 1.59 bits per heavy atom. The zero-order chi connectivity index (χ0) is 20.2. The van der Waals surface area contributed by atoms with Crippen LogP contribution in [0.3, 0.4) is 0 Å². The first-order valence-corrected chi connectivity index (χ1v) is 10.1. The second-order valence-corrected chi connectivity index (χ2v) is 6.63. The van der Waals surface area contributed by atoms with Gasteiger partial charge in [-0.1, -0.05) is 0 Å². The molecule has 1 fully saturated rings. The molecule has 0 aliphatic carbocycles. The Bertz CT molecular complexity index is 713. The Morgan fingerprint density at radius 1 is 0.897 bits per heavy atom. The van der Waals surface area contributed by atoms with Crippen LogP contribution in [0.5, 0.6) is 0 Å². The third-order valence-corrected chi connectivity index (χ3v) is 4.38. The quantitative estimate of drug-likeness (QED) is 0.416. The molecule has 3 rings (SSSR count). The van der Waals surface area contributed by atoms with E-state index < -0.39 is 0 Å². The molecule has 158 valence electrons. The van der Waals surface area contributed by atoms with Crippen molar-refractivity contribution in [1.29, 1.82) is 0 Å². The fourth-order valence-electron chi connectivity index (χ4n) is 2.90. The number of rotatable bonds is 13. The number of hydrogen-bond acceptors (Lipinski definition) is 10. The van der Waals surface area contributed by atoms with Gasteiger partial charge in [0.1, 0.15) is 0 Å². The molecule has 0 spiro atoms. The van der Waals surface area contributed by atoms with Crippen LogP contribution in [0.25, 0.3) is 0 Å². The summed E-state index contributed by atoms with van der Waals surface area (Å²) in [5.41, 5.74) is 6.49. The van der Waals surface area contributed by atoms with Gasteiger partial charge in [0.25, 0.3) is 0 Å². The van der Waals surface area contributed by atoms with Crippen LogP contribution in [0.4, 0.5) is 17.8 Å². The molecule has 10 heteroatoms. The topological polar surface area (TPSA) is 123 Å². The van der Waals surface area contributed by atoms with Crippen LogP contribution in [0.1, 0.15) is 18.4 Å². The summed E-state index contributed by atoms with van der Waals surface area (Å²) in [6.07, 6.45) is 5.87. The van der Waals surface area contributed by atoms with E-state index in [1.165, 1.54) is 0 Å². The van der Waals surface area contributed by atoms with Gasteiger partial charge >= 0.3 is 0 Å². The summed E-state index contributed by atoms with van der Waals surface area (Å²) in [7, 11) is 0. The smallest absolute Gasteiger partial charge is 0.231 e. The van der Waals surface area contributed by atoms with Crippen molar-refractivity contribution in [3.63, 3.8) is 0 Å². The molecule has 0 aromatic carbocycles. The molecule has 10 nitrogen and oxygen atoms in total. The molecule has 2 aromatic rings. The molecule has 29 heavy (non-hydrogen) atoms. The number of nitrogens with one attached hydrogen (secondary N) is 2. The van der Waals surface area contributed by atoms with Gasteiger partial charge in [0.05, 0.1) is 26.4 Å². The Kier molecular flexibility index (Phi) is 8.83. The second-order valence-electron chi connectivity index (χ2n) is 6.63. The molecule has 1 aliphatic rings. The molecule has 0 unspecified atom stereocenters. The summed E-state index contributed by atoms with van der Waals surface area (Å²) in [5, 5.41) is 6.51. The summed E-state index contributed by atoms with van der Waals surface area (Å²) < 4.78 is 10.8. The van der Waals surface area contributed by atoms with E-state index in [-0.39, 0.29) is 0 Å². The highest BCUT2D eigenvalue weighted by Crippen LogP contribution is 2.19. The molecular weight excluding hydrogens is 372 g/mol. The number of pyridine rings is 1. The van der Waals surface area contributed by atoms with Gasteiger partial charge in [0.15, 0.2) is 0 Å². The van der Waals surface area contributed by atoms with Gasteiger partial charge in [-0.25, -0.2) is 0 Å². The minimum Gasteiger partial charge on any atom is -0.378 e. The molecular formula is C19H30N8O2. The minimum absolute atomic E-state index is 0.526. The van der Waals surface area contributed by atoms with Crippen LogP contribution in [0.15, 0.2) is 24.5 Å². The van der Waals surface area contributed by atoms with Crippen molar-refractivity contribution in [2.45, 2.75) is 19.4 Å². The highest BCUT2D eigenvalue weighted by Gasteiger charge is 2.17. The van der Waals surface area contributed by atoms with E-state index in [9.17, 15) is 0 Å². The van der Waals surface area contributed by atoms with Gasteiger partial charge < -0.3 is 30.7 Å². The van der Waals surface area contributed by atoms with Crippen LogP contribution in [0.2, 0.25) is 0 Å². The lowest BCUT2D eigenvalue weighted by Gasteiger charge is -2.17. The average molecular weight is 403 g/mol. The summed E-state index contributed by atoms with van der Waals surface area (Å²) >= 11 is 0. The Labute approximate surface area is 171 Å². The zero-order valence-electron chi connectivity index (χ0n) is 16.7. The molecule has 2 aromatic heterocycles. The van der Waals surface area contributed by atoms with Crippen molar-refractivity contribution in [2.24, 2.45) is 5.73 Å². The first kappa shape index (κ1) is 21.2. The predicted octanol–water partition coefficient (Wildman–Crippen LogP) is 0.883. The van der Waals surface area contributed by atoms with Crippen molar-refractivity contribution in [3.05, 3.63) is 30.1 Å². The lowest BCUT2D eigenvalue weighted by Crippen LogP contribution is -2.23. The van der Waals surface area contributed by atoms with Crippen LogP contribution in [-0.2, 0) is 16.0 Å². The molecule has 1 aliphatic heterocycles. The molecule has 4 N–H and O–H groups in total. The maximum absolute atomic E-state index is 5.54. The highest BCUT2D eigenvalue weighted by atomic mass is 16.5. The van der Waals surface area contributed by atoms with Gasteiger partial charge in [-0.2, -0.15) is 15.0 Å². The Morgan fingerprint density at radius 3 is 2.31 bits per heavy atom. The van der Waals surface area contributed by atoms with Gasteiger partial charge in [-0.05, 0) is 30.5 Å². The Balaban J connectivity index is 1.53. The third-order valence-electron chi connectivity index (χ3n) is 4.38. The van der Waals surface area contributed by atoms with Crippen molar-refractivity contribution in [3.8, 4) is 0 Å². The van der Waals surface area contributed by atoms with Gasteiger partial charge in [-0.3, -0.25) is 4.98 Å². The molecule has 0 radical (unpaired) electrons. The van der Waals surface area contributed by atoms with Crippen molar-refractivity contribution >= 4 is 17.8 Å². The van der Waals surface area contributed by atoms with E-state index in [0.717, 1.165) is 31.5 Å². The Hall–Kier alpha value is -2.56. The predicted molar refractivity (Wildman–Crippen MR) is 112 cm³/mol. The largest absolute Gasteiger partial charge is 0.378 e. The summed E-state index contributed by atoms with van der Waals surface area (Å²) in [5.74, 6) is 1.80. The molecule has 0 saturated carbocycles. The molecule has 0 amide bonds. The molecule has 1 saturated heterocycles. The average Bonchev–Trinajstić information content (AvgIpc) is 3.30. The molecule has 0 atom stereocenters. The van der Waals surface area contributed by atoms with Crippen LogP contribution < -0.4 is 21.3 Å².